The van der Waals surface area contributed by atoms with Gasteiger partial charge >= 0.3 is 0 Å². The highest BCUT2D eigenvalue weighted by Crippen LogP contribution is 2.19. The van der Waals surface area contributed by atoms with E-state index in [0.717, 1.165) is 24.2 Å². The lowest BCUT2D eigenvalue weighted by molar-refractivity contribution is 0.599. The van der Waals surface area contributed by atoms with Crippen molar-refractivity contribution in [3.8, 4) is 0 Å². The van der Waals surface area contributed by atoms with Crippen LogP contribution in [-0.4, -0.2) is 7.05 Å². The van der Waals surface area contributed by atoms with Crippen molar-refractivity contribution in [3.05, 3.63) is 34.6 Å². The largest absolute Gasteiger partial charge is 0.316 e. The maximum atomic E-state index is 13.4. The molecule has 0 unspecified atom stereocenters. The van der Waals surface area contributed by atoms with Gasteiger partial charge in [-0.25, -0.2) is 4.39 Å². The number of hydrogen-bond donors (Lipinski definition) is 2. The Kier molecular flexibility index (Phi) is 2.29. The van der Waals surface area contributed by atoms with Crippen molar-refractivity contribution in [2.75, 3.05) is 7.05 Å². The van der Waals surface area contributed by atoms with Gasteiger partial charge in [0.05, 0.1) is 0 Å². The van der Waals surface area contributed by atoms with Crippen LogP contribution in [0.25, 0.3) is 0 Å². The van der Waals surface area contributed by atoms with Crippen molar-refractivity contribution in [3.63, 3.8) is 0 Å². The van der Waals surface area contributed by atoms with E-state index in [-0.39, 0.29) is 5.82 Å². The molecule has 0 saturated carbocycles. The first-order valence-corrected chi connectivity index (χ1v) is 4.47. The van der Waals surface area contributed by atoms with E-state index in [9.17, 15) is 4.39 Å². The van der Waals surface area contributed by atoms with Gasteiger partial charge in [0.15, 0.2) is 0 Å². The zero-order valence-electron chi connectivity index (χ0n) is 7.65. The van der Waals surface area contributed by atoms with Crippen LogP contribution in [-0.2, 0) is 19.6 Å². The summed E-state index contributed by atoms with van der Waals surface area (Å²) in [6, 6.07) is 3.59. The van der Waals surface area contributed by atoms with Crippen LogP contribution in [0.15, 0.2) is 12.1 Å². The van der Waals surface area contributed by atoms with Crippen molar-refractivity contribution in [1.29, 1.82) is 0 Å². The molecule has 0 aromatic heterocycles. The van der Waals surface area contributed by atoms with E-state index >= 15 is 0 Å². The fourth-order valence-electron chi connectivity index (χ4n) is 1.70. The van der Waals surface area contributed by atoms with Gasteiger partial charge in [-0.05, 0) is 30.3 Å². The van der Waals surface area contributed by atoms with E-state index in [2.05, 4.69) is 10.6 Å². The van der Waals surface area contributed by atoms with Gasteiger partial charge in [0.1, 0.15) is 5.82 Å². The standard InChI is InChI=1S/C10H13FN2/c1-12-4-9-2-7-5-13-6-8(7)3-10(9)11/h2-3,12-13H,4-6H2,1H3. The molecule has 0 saturated heterocycles. The SMILES string of the molecule is CNCc1cc2c(cc1F)CNC2. The third-order valence-electron chi connectivity index (χ3n) is 2.37. The summed E-state index contributed by atoms with van der Waals surface area (Å²) in [7, 11) is 1.82. The Balaban J connectivity index is 2.37. The fourth-order valence-corrected chi connectivity index (χ4v) is 1.70. The Labute approximate surface area is 77.2 Å². The predicted octanol–water partition coefficient (Wildman–Crippen LogP) is 1.15. The van der Waals surface area contributed by atoms with Gasteiger partial charge in [-0.3, -0.25) is 0 Å². The van der Waals surface area contributed by atoms with E-state index in [1.54, 1.807) is 6.07 Å². The van der Waals surface area contributed by atoms with E-state index in [0.29, 0.717) is 6.54 Å². The fraction of sp³-hybridized carbons (Fsp3) is 0.400. The molecule has 2 nitrogen and oxygen atoms in total. The molecule has 2 N–H and O–H groups in total. The maximum Gasteiger partial charge on any atom is 0.128 e. The average Bonchev–Trinajstić information content (AvgIpc) is 2.52. The van der Waals surface area contributed by atoms with Gasteiger partial charge < -0.3 is 10.6 Å². The number of halogens is 1. The zero-order valence-corrected chi connectivity index (χ0v) is 7.65. The monoisotopic (exact) mass is 180 g/mol. The predicted molar refractivity (Wildman–Crippen MR) is 49.7 cm³/mol. The van der Waals surface area contributed by atoms with Gasteiger partial charge in [-0.1, -0.05) is 0 Å². The van der Waals surface area contributed by atoms with Gasteiger partial charge in [-0.2, -0.15) is 0 Å². The maximum absolute atomic E-state index is 13.4. The summed E-state index contributed by atoms with van der Waals surface area (Å²) >= 11 is 0. The number of hydrogen-bond acceptors (Lipinski definition) is 2. The summed E-state index contributed by atoms with van der Waals surface area (Å²) in [5.41, 5.74) is 3.08. The Bertz CT molecular complexity index is 323. The van der Waals surface area contributed by atoms with Gasteiger partial charge in [0.25, 0.3) is 0 Å². The third kappa shape index (κ3) is 1.57. The average molecular weight is 180 g/mol. The summed E-state index contributed by atoms with van der Waals surface area (Å²) in [5, 5.41) is 6.15. The number of fused-ring (bicyclic) bond motifs is 1. The molecule has 1 aliphatic heterocycles. The van der Waals surface area contributed by atoms with Crippen LogP contribution < -0.4 is 10.6 Å². The molecule has 0 fully saturated rings. The van der Waals surface area contributed by atoms with E-state index in [1.807, 2.05) is 13.1 Å². The van der Waals surface area contributed by atoms with Crippen molar-refractivity contribution < 1.29 is 4.39 Å². The zero-order chi connectivity index (χ0) is 9.26. The molecule has 3 heteroatoms. The summed E-state index contributed by atoms with van der Waals surface area (Å²) in [5.74, 6) is -0.100. The molecular formula is C10H13FN2. The summed E-state index contributed by atoms with van der Waals surface area (Å²) < 4.78 is 13.4. The highest BCUT2D eigenvalue weighted by atomic mass is 19.1. The minimum Gasteiger partial charge on any atom is -0.316 e. The summed E-state index contributed by atoms with van der Waals surface area (Å²) in [6.07, 6.45) is 0. The molecule has 1 aliphatic rings. The lowest BCUT2D eigenvalue weighted by atomic mass is 10.1. The molecule has 0 aliphatic carbocycles. The topological polar surface area (TPSA) is 24.1 Å². The van der Waals surface area contributed by atoms with Crippen LogP contribution in [0, 0.1) is 5.82 Å². The van der Waals surface area contributed by atoms with Crippen LogP contribution >= 0.6 is 0 Å². The number of rotatable bonds is 2. The van der Waals surface area contributed by atoms with Crippen molar-refractivity contribution >= 4 is 0 Å². The van der Waals surface area contributed by atoms with Crippen LogP contribution in [0.4, 0.5) is 4.39 Å². The summed E-state index contributed by atoms with van der Waals surface area (Å²) in [6.45, 7) is 2.26. The van der Waals surface area contributed by atoms with Gasteiger partial charge in [0.2, 0.25) is 0 Å². The van der Waals surface area contributed by atoms with Crippen LogP contribution in [0.2, 0.25) is 0 Å². The van der Waals surface area contributed by atoms with Crippen LogP contribution in [0.1, 0.15) is 16.7 Å². The first kappa shape index (κ1) is 8.66. The Morgan fingerprint density at radius 1 is 1.38 bits per heavy atom. The highest BCUT2D eigenvalue weighted by molar-refractivity contribution is 5.35. The second kappa shape index (κ2) is 3.44. The van der Waals surface area contributed by atoms with Gasteiger partial charge in [-0.15, -0.1) is 0 Å². The molecule has 1 aromatic rings. The molecule has 0 bridgehead atoms. The highest BCUT2D eigenvalue weighted by Gasteiger charge is 2.13. The molecule has 0 atom stereocenters. The summed E-state index contributed by atoms with van der Waals surface area (Å²) in [4.78, 5) is 0. The number of benzene rings is 1. The lowest BCUT2D eigenvalue weighted by Gasteiger charge is -2.05. The van der Waals surface area contributed by atoms with Crippen molar-refractivity contribution in [2.24, 2.45) is 0 Å². The first-order valence-electron chi connectivity index (χ1n) is 4.47. The van der Waals surface area contributed by atoms with Gasteiger partial charge in [0, 0.05) is 25.2 Å². The minimum absolute atomic E-state index is 0.100. The molecule has 13 heavy (non-hydrogen) atoms. The Hall–Kier alpha value is -0.930. The third-order valence-corrected chi connectivity index (χ3v) is 2.37. The molecule has 0 spiro atoms. The van der Waals surface area contributed by atoms with Crippen molar-refractivity contribution in [1.82, 2.24) is 10.6 Å². The first-order chi connectivity index (χ1) is 6.31. The van der Waals surface area contributed by atoms with Crippen molar-refractivity contribution in [2.45, 2.75) is 19.6 Å². The molecule has 2 rings (SSSR count). The van der Waals surface area contributed by atoms with E-state index < -0.39 is 0 Å². The quantitative estimate of drug-likeness (QED) is 0.713. The number of nitrogens with one attached hydrogen (secondary N) is 2. The molecule has 0 radical (unpaired) electrons. The normalized spacial score (nSPS) is 14.6. The lowest BCUT2D eigenvalue weighted by Crippen LogP contribution is -2.07. The second-order valence-corrected chi connectivity index (χ2v) is 3.35. The van der Waals surface area contributed by atoms with Crippen LogP contribution in [0.3, 0.4) is 0 Å². The molecule has 1 heterocycles. The molecular weight excluding hydrogens is 167 g/mol. The van der Waals surface area contributed by atoms with E-state index in [1.165, 1.54) is 5.56 Å². The van der Waals surface area contributed by atoms with Crippen LogP contribution in [0.5, 0.6) is 0 Å². The molecule has 70 valence electrons. The molecule has 0 amide bonds. The van der Waals surface area contributed by atoms with E-state index in [4.69, 9.17) is 0 Å². The smallest absolute Gasteiger partial charge is 0.128 e. The Morgan fingerprint density at radius 2 is 2.08 bits per heavy atom. The molecule has 1 aromatic carbocycles. The Morgan fingerprint density at radius 3 is 2.77 bits per heavy atom. The second-order valence-electron chi connectivity index (χ2n) is 3.35. The minimum atomic E-state index is -0.100.